The van der Waals surface area contributed by atoms with E-state index in [9.17, 15) is 0 Å². The lowest BCUT2D eigenvalue weighted by atomic mass is 10.0. The van der Waals surface area contributed by atoms with Gasteiger partial charge in [-0.25, -0.2) is 0 Å². The van der Waals surface area contributed by atoms with Crippen LogP contribution in [0.15, 0.2) is 11.6 Å². The quantitative estimate of drug-likeness (QED) is 0.539. The van der Waals surface area contributed by atoms with Crippen molar-refractivity contribution in [3.05, 3.63) is 11.6 Å². The van der Waals surface area contributed by atoms with Crippen LogP contribution in [0.25, 0.3) is 0 Å². The second kappa shape index (κ2) is 5.46. The molecule has 0 aromatic heterocycles. The second-order valence-corrected chi connectivity index (χ2v) is 4.94. The zero-order valence-corrected chi connectivity index (χ0v) is 10.7. The topological polar surface area (TPSA) is 18.5 Å². The van der Waals surface area contributed by atoms with Crippen molar-refractivity contribution in [3.63, 3.8) is 0 Å². The van der Waals surface area contributed by atoms with Crippen molar-refractivity contribution in [2.45, 2.75) is 44.3 Å². The molecule has 0 aromatic carbocycles. The van der Waals surface area contributed by atoms with E-state index >= 15 is 0 Å². The molecule has 0 bridgehead atoms. The SMILES string of the molecule is BrC/C1=C/CCCCCC2(C1)OCCO2. The van der Waals surface area contributed by atoms with Crippen LogP contribution in [0.2, 0.25) is 0 Å². The number of hydrogen-bond donors (Lipinski definition) is 0. The first kappa shape index (κ1) is 11.6. The van der Waals surface area contributed by atoms with Crippen LogP contribution >= 0.6 is 15.9 Å². The maximum absolute atomic E-state index is 5.82. The fourth-order valence-electron chi connectivity index (χ4n) is 2.37. The van der Waals surface area contributed by atoms with E-state index in [2.05, 4.69) is 22.0 Å². The largest absolute Gasteiger partial charge is 0.347 e. The maximum Gasteiger partial charge on any atom is 0.172 e. The average Bonchev–Trinajstić information content (AvgIpc) is 2.73. The number of allylic oxidation sites excluding steroid dienone is 1. The van der Waals surface area contributed by atoms with Crippen LogP contribution in [0.4, 0.5) is 0 Å². The normalized spacial score (nSPS) is 30.3. The molecule has 2 rings (SSSR count). The Hall–Kier alpha value is 0.140. The highest BCUT2D eigenvalue weighted by molar-refractivity contribution is 9.09. The molecular weight excluding hydrogens is 256 g/mol. The summed E-state index contributed by atoms with van der Waals surface area (Å²) < 4.78 is 11.6. The van der Waals surface area contributed by atoms with Gasteiger partial charge in [-0.15, -0.1) is 0 Å². The van der Waals surface area contributed by atoms with Crippen LogP contribution in [0.5, 0.6) is 0 Å². The Morgan fingerprint density at radius 3 is 2.73 bits per heavy atom. The highest BCUT2D eigenvalue weighted by atomic mass is 79.9. The minimum absolute atomic E-state index is 0.288. The van der Waals surface area contributed by atoms with Gasteiger partial charge in [0.25, 0.3) is 0 Å². The van der Waals surface area contributed by atoms with Crippen LogP contribution in [0.3, 0.4) is 0 Å². The van der Waals surface area contributed by atoms with Gasteiger partial charge in [0, 0.05) is 18.2 Å². The highest BCUT2D eigenvalue weighted by Crippen LogP contribution is 2.34. The molecule has 0 aromatic rings. The van der Waals surface area contributed by atoms with Crippen LogP contribution in [-0.2, 0) is 9.47 Å². The third kappa shape index (κ3) is 3.05. The van der Waals surface area contributed by atoms with Gasteiger partial charge in [0.15, 0.2) is 5.79 Å². The van der Waals surface area contributed by atoms with Gasteiger partial charge in [0.05, 0.1) is 13.2 Å². The molecule has 3 heteroatoms. The monoisotopic (exact) mass is 274 g/mol. The molecule has 0 unspecified atom stereocenters. The molecule has 0 N–H and O–H groups in total. The zero-order chi connectivity index (χ0) is 10.6. The number of halogens is 1. The van der Waals surface area contributed by atoms with E-state index in [0.717, 1.165) is 31.4 Å². The lowest BCUT2D eigenvalue weighted by molar-refractivity contribution is -0.161. The molecule has 2 aliphatic rings. The molecule has 86 valence electrons. The first-order valence-electron chi connectivity index (χ1n) is 5.86. The van der Waals surface area contributed by atoms with Gasteiger partial charge < -0.3 is 9.47 Å². The van der Waals surface area contributed by atoms with Crippen molar-refractivity contribution >= 4 is 15.9 Å². The molecule has 1 saturated heterocycles. The Balaban J connectivity index is 2.07. The van der Waals surface area contributed by atoms with E-state index in [1.54, 1.807) is 0 Å². The highest BCUT2D eigenvalue weighted by Gasteiger charge is 2.36. The predicted molar refractivity (Wildman–Crippen MR) is 64.2 cm³/mol. The van der Waals surface area contributed by atoms with Gasteiger partial charge in [0.1, 0.15) is 0 Å². The van der Waals surface area contributed by atoms with E-state index < -0.39 is 0 Å². The first-order chi connectivity index (χ1) is 7.35. The second-order valence-electron chi connectivity index (χ2n) is 4.38. The smallest absolute Gasteiger partial charge is 0.172 e. The van der Waals surface area contributed by atoms with Crippen molar-refractivity contribution < 1.29 is 9.47 Å². The third-order valence-corrected chi connectivity index (χ3v) is 3.90. The molecule has 1 heterocycles. The number of ether oxygens (including phenoxy) is 2. The third-order valence-electron chi connectivity index (χ3n) is 3.18. The summed E-state index contributed by atoms with van der Waals surface area (Å²) in [6, 6.07) is 0. The van der Waals surface area contributed by atoms with E-state index in [0.29, 0.717) is 0 Å². The fraction of sp³-hybridized carbons (Fsp3) is 0.833. The predicted octanol–water partition coefficient (Wildman–Crippen LogP) is 3.41. The molecule has 0 saturated carbocycles. The molecular formula is C12H19BrO2. The van der Waals surface area contributed by atoms with Crippen molar-refractivity contribution in [1.82, 2.24) is 0 Å². The zero-order valence-electron chi connectivity index (χ0n) is 9.14. The summed E-state index contributed by atoms with van der Waals surface area (Å²) in [7, 11) is 0. The van der Waals surface area contributed by atoms with E-state index in [1.807, 2.05) is 0 Å². The molecule has 15 heavy (non-hydrogen) atoms. The molecule has 1 spiro atoms. The van der Waals surface area contributed by atoms with E-state index in [-0.39, 0.29) is 5.79 Å². The summed E-state index contributed by atoms with van der Waals surface area (Å²) in [4.78, 5) is 0. The van der Waals surface area contributed by atoms with Crippen molar-refractivity contribution in [3.8, 4) is 0 Å². The standard InChI is InChI=1S/C12H19BrO2/c13-10-11-5-3-1-2-4-6-12(9-11)14-7-8-15-12/h5H,1-4,6-10H2/b11-5+. The Morgan fingerprint density at radius 1 is 1.20 bits per heavy atom. The van der Waals surface area contributed by atoms with E-state index in [1.165, 1.54) is 31.3 Å². The molecule has 0 amide bonds. The summed E-state index contributed by atoms with van der Waals surface area (Å²) >= 11 is 3.55. The van der Waals surface area contributed by atoms with Crippen molar-refractivity contribution in [2.75, 3.05) is 18.5 Å². The minimum atomic E-state index is -0.288. The summed E-state index contributed by atoms with van der Waals surface area (Å²) in [5.41, 5.74) is 1.43. The Bertz CT molecular complexity index is 232. The van der Waals surface area contributed by atoms with Crippen molar-refractivity contribution in [1.29, 1.82) is 0 Å². The lowest BCUT2D eigenvalue weighted by Gasteiger charge is -2.27. The van der Waals surface area contributed by atoms with E-state index in [4.69, 9.17) is 9.47 Å². The van der Waals surface area contributed by atoms with Gasteiger partial charge in [-0.1, -0.05) is 34.0 Å². The van der Waals surface area contributed by atoms with Gasteiger partial charge in [-0.3, -0.25) is 0 Å². The summed E-state index contributed by atoms with van der Waals surface area (Å²) in [6.07, 6.45) is 9.37. The summed E-state index contributed by atoms with van der Waals surface area (Å²) in [5.74, 6) is -0.288. The van der Waals surface area contributed by atoms with Gasteiger partial charge >= 0.3 is 0 Å². The average molecular weight is 275 g/mol. The minimum Gasteiger partial charge on any atom is -0.347 e. The number of alkyl halides is 1. The Morgan fingerprint density at radius 2 is 2.00 bits per heavy atom. The molecule has 1 fully saturated rings. The van der Waals surface area contributed by atoms with Gasteiger partial charge in [-0.2, -0.15) is 0 Å². The van der Waals surface area contributed by atoms with Crippen LogP contribution in [0.1, 0.15) is 38.5 Å². The number of hydrogen-bond acceptors (Lipinski definition) is 2. The van der Waals surface area contributed by atoms with Crippen LogP contribution < -0.4 is 0 Å². The Labute approximate surface area is 100 Å². The van der Waals surface area contributed by atoms with Crippen molar-refractivity contribution in [2.24, 2.45) is 0 Å². The lowest BCUT2D eigenvalue weighted by Crippen LogP contribution is -2.30. The Kier molecular flexibility index (Phi) is 4.23. The van der Waals surface area contributed by atoms with Crippen LogP contribution in [-0.4, -0.2) is 24.3 Å². The maximum atomic E-state index is 5.82. The molecule has 1 aliphatic heterocycles. The van der Waals surface area contributed by atoms with Gasteiger partial charge in [0.2, 0.25) is 0 Å². The van der Waals surface area contributed by atoms with Crippen LogP contribution in [0, 0.1) is 0 Å². The number of rotatable bonds is 1. The summed E-state index contributed by atoms with van der Waals surface area (Å²) in [5, 5.41) is 0.946. The fourth-order valence-corrected chi connectivity index (χ4v) is 2.80. The molecule has 0 atom stereocenters. The first-order valence-corrected chi connectivity index (χ1v) is 6.99. The molecule has 1 aliphatic carbocycles. The molecule has 0 radical (unpaired) electrons. The molecule has 2 nitrogen and oxygen atoms in total. The summed E-state index contributed by atoms with van der Waals surface area (Å²) in [6.45, 7) is 1.52. The van der Waals surface area contributed by atoms with Gasteiger partial charge in [-0.05, 0) is 19.3 Å².